The van der Waals surface area contributed by atoms with E-state index in [1.165, 1.54) is 30.5 Å². The molecule has 0 saturated carbocycles. The van der Waals surface area contributed by atoms with Crippen molar-refractivity contribution in [2.45, 2.75) is 37.8 Å². The van der Waals surface area contributed by atoms with Crippen molar-refractivity contribution in [3.8, 4) is 0 Å². The van der Waals surface area contributed by atoms with Crippen LogP contribution in [0, 0.1) is 5.82 Å². The van der Waals surface area contributed by atoms with Crippen molar-refractivity contribution in [2.24, 2.45) is 0 Å². The van der Waals surface area contributed by atoms with Gasteiger partial charge in [-0.15, -0.1) is 6.58 Å². The van der Waals surface area contributed by atoms with E-state index in [1.54, 1.807) is 0 Å². The van der Waals surface area contributed by atoms with Crippen LogP contribution in [0.15, 0.2) is 36.9 Å². The van der Waals surface area contributed by atoms with Gasteiger partial charge < -0.3 is 5.32 Å². The molecule has 0 spiro atoms. The summed E-state index contributed by atoms with van der Waals surface area (Å²) in [4.78, 5) is 0. The molecule has 1 heterocycles. The molecule has 1 fully saturated rings. The number of benzene rings is 1. The molecule has 2 unspecified atom stereocenters. The van der Waals surface area contributed by atoms with Gasteiger partial charge in [-0.3, -0.25) is 0 Å². The standard InChI is InChI=1S/C14H18FN/c1-2-4-13-5-3-6-14(16-13)11-7-9-12(15)10-8-11/h2,7-10,13-14,16H,1,3-6H2. The van der Waals surface area contributed by atoms with Crippen LogP contribution in [0.3, 0.4) is 0 Å². The molecule has 0 bridgehead atoms. The zero-order valence-electron chi connectivity index (χ0n) is 9.45. The molecule has 0 amide bonds. The number of nitrogens with one attached hydrogen (secondary N) is 1. The molecule has 2 atom stereocenters. The van der Waals surface area contributed by atoms with Gasteiger partial charge in [-0.05, 0) is 37.0 Å². The van der Waals surface area contributed by atoms with E-state index < -0.39 is 0 Å². The van der Waals surface area contributed by atoms with Gasteiger partial charge >= 0.3 is 0 Å². The van der Waals surface area contributed by atoms with E-state index in [1.807, 2.05) is 18.2 Å². The minimum atomic E-state index is -0.165. The molecule has 0 aliphatic carbocycles. The Labute approximate surface area is 96.4 Å². The Hall–Kier alpha value is -1.15. The summed E-state index contributed by atoms with van der Waals surface area (Å²) < 4.78 is 12.8. The van der Waals surface area contributed by atoms with Crippen LogP contribution in [0.25, 0.3) is 0 Å². The fourth-order valence-electron chi connectivity index (χ4n) is 2.36. The van der Waals surface area contributed by atoms with Crippen molar-refractivity contribution in [2.75, 3.05) is 0 Å². The van der Waals surface area contributed by atoms with Crippen molar-refractivity contribution in [3.05, 3.63) is 48.3 Å². The summed E-state index contributed by atoms with van der Waals surface area (Å²) in [6, 6.07) is 7.73. The number of halogens is 1. The summed E-state index contributed by atoms with van der Waals surface area (Å²) in [7, 11) is 0. The maximum absolute atomic E-state index is 12.8. The molecule has 0 radical (unpaired) electrons. The third-order valence-electron chi connectivity index (χ3n) is 3.21. The molecule has 2 heteroatoms. The quantitative estimate of drug-likeness (QED) is 0.766. The Kier molecular flexibility index (Phi) is 3.73. The van der Waals surface area contributed by atoms with Crippen LogP contribution >= 0.6 is 0 Å². The van der Waals surface area contributed by atoms with Gasteiger partial charge in [-0.25, -0.2) is 4.39 Å². The number of hydrogen-bond donors (Lipinski definition) is 1. The number of piperidine rings is 1. The van der Waals surface area contributed by atoms with Crippen LogP contribution in [-0.2, 0) is 0 Å². The predicted octanol–water partition coefficient (Wildman–Crippen LogP) is 3.59. The van der Waals surface area contributed by atoms with E-state index >= 15 is 0 Å². The van der Waals surface area contributed by atoms with Crippen molar-refractivity contribution in [3.63, 3.8) is 0 Å². The lowest BCUT2D eigenvalue weighted by atomic mass is 9.92. The topological polar surface area (TPSA) is 12.0 Å². The van der Waals surface area contributed by atoms with E-state index in [0.717, 1.165) is 12.8 Å². The fraction of sp³-hybridized carbons (Fsp3) is 0.429. The Balaban J connectivity index is 2.03. The maximum Gasteiger partial charge on any atom is 0.123 e. The highest BCUT2D eigenvalue weighted by Crippen LogP contribution is 2.26. The molecule has 1 aliphatic rings. The van der Waals surface area contributed by atoms with Crippen molar-refractivity contribution in [1.82, 2.24) is 5.32 Å². The number of rotatable bonds is 3. The summed E-state index contributed by atoms with van der Waals surface area (Å²) >= 11 is 0. The summed E-state index contributed by atoms with van der Waals surface area (Å²) in [6.45, 7) is 3.77. The maximum atomic E-state index is 12.8. The SMILES string of the molecule is C=CCC1CCCC(c2ccc(F)cc2)N1. The largest absolute Gasteiger partial charge is 0.307 e. The van der Waals surface area contributed by atoms with Crippen molar-refractivity contribution in [1.29, 1.82) is 0 Å². The second-order valence-corrected chi connectivity index (χ2v) is 4.42. The third kappa shape index (κ3) is 2.70. The van der Waals surface area contributed by atoms with Crippen LogP contribution in [0.1, 0.15) is 37.3 Å². The molecule has 1 aromatic carbocycles. The van der Waals surface area contributed by atoms with E-state index in [0.29, 0.717) is 12.1 Å². The van der Waals surface area contributed by atoms with E-state index in [2.05, 4.69) is 11.9 Å². The van der Waals surface area contributed by atoms with Crippen LogP contribution in [0.4, 0.5) is 4.39 Å². The Bertz CT molecular complexity index is 344. The smallest absolute Gasteiger partial charge is 0.123 e. The van der Waals surface area contributed by atoms with Crippen molar-refractivity contribution < 1.29 is 4.39 Å². The second kappa shape index (κ2) is 5.26. The average Bonchev–Trinajstić information content (AvgIpc) is 2.31. The molecule has 1 saturated heterocycles. The zero-order valence-corrected chi connectivity index (χ0v) is 9.45. The Morgan fingerprint density at radius 2 is 2.06 bits per heavy atom. The van der Waals surface area contributed by atoms with Crippen molar-refractivity contribution >= 4 is 0 Å². The summed E-state index contributed by atoms with van der Waals surface area (Å²) in [5.41, 5.74) is 1.19. The lowest BCUT2D eigenvalue weighted by Crippen LogP contribution is -2.36. The molecule has 1 N–H and O–H groups in total. The van der Waals surface area contributed by atoms with Gasteiger partial charge in [0, 0.05) is 12.1 Å². The first-order valence-corrected chi connectivity index (χ1v) is 5.92. The van der Waals surface area contributed by atoms with Gasteiger partial charge in [0.05, 0.1) is 0 Å². The summed E-state index contributed by atoms with van der Waals surface area (Å²) in [5, 5.41) is 3.60. The van der Waals surface area contributed by atoms with Crippen LogP contribution in [-0.4, -0.2) is 6.04 Å². The Morgan fingerprint density at radius 3 is 2.75 bits per heavy atom. The molecular formula is C14H18FN. The lowest BCUT2D eigenvalue weighted by molar-refractivity contribution is 0.326. The highest BCUT2D eigenvalue weighted by atomic mass is 19.1. The minimum absolute atomic E-state index is 0.165. The molecule has 1 aliphatic heterocycles. The fourth-order valence-corrected chi connectivity index (χ4v) is 2.36. The Morgan fingerprint density at radius 1 is 1.31 bits per heavy atom. The molecule has 86 valence electrons. The van der Waals surface area contributed by atoms with Gasteiger partial charge in [0.1, 0.15) is 5.82 Å². The van der Waals surface area contributed by atoms with Gasteiger partial charge in [0.25, 0.3) is 0 Å². The van der Waals surface area contributed by atoms with Gasteiger partial charge in [-0.1, -0.05) is 24.6 Å². The molecule has 1 aromatic rings. The zero-order chi connectivity index (χ0) is 11.4. The third-order valence-corrected chi connectivity index (χ3v) is 3.21. The first-order chi connectivity index (χ1) is 7.79. The first-order valence-electron chi connectivity index (χ1n) is 5.92. The molecule has 1 nitrogen and oxygen atoms in total. The van der Waals surface area contributed by atoms with Crippen LogP contribution < -0.4 is 5.32 Å². The minimum Gasteiger partial charge on any atom is -0.307 e. The van der Waals surface area contributed by atoms with E-state index in [9.17, 15) is 4.39 Å². The molecule has 0 aromatic heterocycles. The summed E-state index contributed by atoms with van der Waals surface area (Å²) in [5.74, 6) is -0.165. The van der Waals surface area contributed by atoms with Gasteiger partial charge in [0.2, 0.25) is 0 Å². The predicted molar refractivity (Wildman–Crippen MR) is 64.7 cm³/mol. The molecule has 16 heavy (non-hydrogen) atoms. The highest BCUT2D eigenvalue weighted by molar-refractivity contribution is 5.20. The summed E-state index contributed by atoms with van der Waals surface area (Å²) in [6.07, 6.45) is 6.55. The average molecular weight is 219 g/mol. The second-order valence-electron chi connectivity index (χ2n) is 4.42. The lowest BCUT2D eigenvalue weighted by Gasteiger charge is -2.30. The van der Waals surface area contributed by atoms with Gasteiger partial charge in [0.15, 0.2) is 0 Å². The first kappa shape index (κ1) is 11.3. The monoisotopic (exact) mass is 219 g/mol. The highest BCUT2D eigenvalue weighted by Gasteiger charge is 2.20. The van der Waals surface area contributed by atoms with E-state index in [-0.39, 0.29) is 5.82 Å². The molecule has 2 rings (SSSR count). The molecular weight excluding hydrogens is 201 g/mol. The normalized spacial score (nSPS) is 25.3. The van der Waals surface area contributed by atoms with E-state index in [4.69, 9.17) is 0 Å². The van der Waals surface area contributed by atoms with Crippen LogP contribution in [0.2, 0.25) is 0 Å². The van der Waals surface area contributed by atoms with Crippen LogP contribution in [0.5, 0.6) is 0 Å². The van der Waals surface area contributed by atoms with Gasteiger partial charge in [-0.2, -0.15) is 0 Å². The number of hydrogen-bond acceptors (Lipinski definition) is 1.